The van der Waals surface area contributed by atoms with E-state index in [-0.39, 0.29) is 0 Å². The van der Waals surface area contributed by atoms with Crippen molar-refractivity contribution in [3.8, 4) is 0 Å². The predicted molar refractivity (Wildman–Crippen MR) is 139 cm³/mol. The highest BCUT2D eigenvalue weighted by molar-refractivity contribution is 4.81. The van der Waals surface area contributed by atoms with Gasteiger partial charge in [-0.15, -0.1) is 0 Å². The maximum atomic E-state index is 6.29. The number of unbranched alkanes of at least 4 members (excludes halogenated alkanes) is 19. The Morgan fingerprint density at radius 1 is 0.433 bits per heavy atom. The van der Waals surface area contributed by atoms with Gasteiger partial charge in [-0.2, -0.15) is 0 Å². The Bertz CT molecular complexity index is 322. The average molecular weight is 422 g/mol. The average Bonchev–Trinajstić information content (AvgIpc) is 2.75. The third kappa shape index (κ3) is 25.7. The molecule has 180 valence electrons. The molecular weight excluding hydrogens is 362 g/mol. The smallest absolute Gasteiger partial charge is 0.00388 e. The summed E-state index contributed by atoms with van der Waals surface area (Å²) >= 11 is 0. The summed E-state index contributed by atoms with van der Waals surface area (Å²) in [4.78, 5) is 0. The van der Waals surface area contributed by atoms with E-state index < -0.39 is 0 Å². The molecule has 1 nitrogen and oxygen atoms in total. The number of allylic oxidation sites excluding steroid dienone is 2. The van der Waals surface area contributed by atoms with Gasteiger partial charge in [0.15, 0.2) is 0 Å². The molecule has 30 heavy (non-hydrogen) atoms. The van der Waals surface area contributed by atoms with Crippen LogP contribution in [-0.2, 0) is 0 Å². The van der Waals surface area contributed by atoms with Crippen molar-refractivity contribution >= 4 is 0 Å². The standard InChI is InChI=1S/C29H59N/c1-3-5-7-9-11-12-13-14-15-16-17-18-19-20-22-24-26-28-29(30)27-25-23-21-10-8-6-4-2/h17-18,29H,3-16,19-28,30H2,1-2H3. The summed E-state index contributed by atoms with van der Waals surface area (Å²) in [6, 6.07) is 0.455. The van der Waals surface area contributed by atoms with Crippen molar-refractivity contribution in [2.45, 2.75) is 174 Å². The molecule has 0 bridgehead atoms. The van der Waals surface area contributed by atoms with Crippen molar-refractivity contribution in [1.29, 1.82) is 0 Å². The Hall–Kier alpha value is -0.300. The van der Waals surface area contributed by atoms with Gasteiger partial charge >= 0.3 is 0 Å². The maximum Gasteiger partial charge on any atom is 0.00388 e. The fourth-order valence-corrected chi connectivity index (χ4v) is 4.34. The first-order valence-corrected chi connectivity index (χ1v) is 14.2. The number of hydrogen-bond donors (Lipinski definition) is 1. The zero-order valence-electron chi connectivity index (χ0n) is 21.3. The van der Waals surface area contributed by atoms with Gasteiger partial charge in [0.2, 0.25) is 0 Å². The van der Waals surface area contributed by atoms with Gasteiger partial charge < -0.3 is 5.73 Å². The quantitative estimate of drug-likeness (QED) is 0.115. The van der Waals surface area contributed by atoms with E-state index in [0.717, 1.165) is 0 Å². The molecule has 0 saturated heterocycles. The van der Waals surface area contributed by atoms with E-state index in [9.17, 15) is 0 Å². The molecular formula is C29H59N. The third-order valence-corrected chi connectivity index (χ3v) is 6.52. The van der Waals surface area contributed by atoms with Gasteiger partial charge in [-0.25, -0.2) is 0 Å². The van der Waals surface area contributed by atoms with Crippen LogP contribution in [0, 0.1) is 0 Å². The molecule has 0 spiro atoms. The van der Waals surface area contributed by atoms with E-state index in [0.29, 0.717) is 6.04 Å². The molecule has 0 aromatic carbocycles. The summed E-state index contributed by atoms with van der Waals surface area (Å²) in [6.45, 7) is 4.58. The summed E-state index contributed by atoms with van der Waals surface area (Å²) in [5.41, 5.74) is 6.29. The van der Waals surface area contributed by atoms with Crippen LogP contribution in [0.15, 0.2) is 12.2 Å². The summed E-state index contributed by atoms with van der Waals surface area (Å²) in [5, 5.41) is 0. The fraction of sp³-hybridized carbons (Fsp3) is 0.931. The minimum Gasteiger partial charge on any atom is -0.328 e. The zero-order chi connectivity index (χ0) is 22.0. The lowest BCUT2D eigenvalue weighted by molar-refractivity contribution is 0.485. The van der Waals surface area contributed by atoms with E-state index >= 15 is 0 Å². The molecule has 0 aliphatic heterocycles. The van der Waals surface area contributed by atoms with Crippen molar-refractivity contribution in [3.05, 3.63) is 12.2 Å². The highest BCUT2D eigenvalue weighted by Crippen LogP contribution is 2.14. The molecule has 0 radical (unpaired) electrons. The second kappa shape index (κ2) is 26.7. The van der Waals surface area contributed by atoms with Gasteiger partial charge in [0, 0.05) is 6.04 Å². The molecule has 0 rings (SSSR count). The van der Waals surface area contributed by atoms with E-state index in [1.54, 1.807) is 0 Å². The lowest BCUT2D eigenvalue weighted by Gasteiger charge is -2.11. The molecule has 0 aliphatic carbocycles. The summed E-state index contributed by atoms with van der Waals surface area (Å²) in [6.07, 6.45) is 38.0. The first-order valence-electron chi connectivity index (χ1n) is 14.2. The van der Waals surface area contributed by atoms with Gasteiger partial charge in [0.1, 0.15) is 0 Å². The molecule has 0 aromatic heterocycles. The van der Waals surface area contributed by atoms with Crippen LogP contribution in [0.25, 0.3) is 0 Å². The highest BCUT2D eigenvalue weighted by Gasteiger charge is 2.02. The van der Waals surface area contributed by atoms with Crippen molar-refractivity contribution in [2.24, 2.45) is 5.73 Å². The molecule has 1 heteroatoms. The van der Waals surface area contributed by atoms with Crippen LogP contribution in [0.5, 0.6) is 0 Å². The first-order chi connectivity index (χ1) is 14.8. The predicted octanol–water partition coefficient (Wildman–Crippen LogP) is 10.3. The van der Waals surface area contributed by atoms with Crippen LogP contribution < -0.4 is 5.73 Å². The van der Waals surface area contributed by atoms with Gasteiger partial charge in [-0.05, 0) is 38.5 Å². The summed E-state index contributed by atoms with van der Waals surface area (Å²) < 4.78 is 0. The van der Waals surface area contributed by atoms with Gasteiger partial charge in [0.05, 0.1) is 0 Å². The normalized spacial score (nSPS) is 12.8. The van der Waals surface area contributed by atoms with Crippen LogP contribution in [-0.4, -0.2) is 6.04 Å². The van der Waals surface area contributed by atoms with E-state index in [2.05, 4.69) is 26.0 Å². The molecule has 0 amide bonds. The van der Waals surface area contributed by atoms with Crippen molar-refractivity contribution in [3.63, 3.8) is 0 Å². The topological polar surface area (TPSA) is 26.0 Å². The molecule has 0 fully saturated rings. The maximum absolute atomic E-state index is 6.29. The first kappa shape index (κ1) is 29.7. The largest absolute Gasteiger partial charge is 0.328 e. The monoisotopic (exact) mass is 421 g/mol. The fourth-order valence-electron chi connectivity index (χ4n) is 4.34. The van der Waals surface area contributed by atoms with Gasteiger partial charge in [-0.3, -0.25) is 0 Å². The minimum absolute atomic E-state index is 0.455. The molecule has 2 N–H and O–H groups in total. The molecule has 0 aliphatic rings. The van der Waals surface area contributed by atoms with Crippen molar-refractivity contribution < 1.29 is 0 Å². The van der Waals surface area contributed by atoms with Crippen LogP contribution in [0.2, 0.25) is 0 Å². The highest BCUT2D eigenvalue weighted by atomic mass is 14.6. The lowest BCUT2D eigenvalue weighted by atomic mass is 10.0. The SMILES string of the molecule is CCCCCCCCCCCC=CCCCCCCC(N)CCCCCCCCC. The molecule has 1 unspecified atom stereocenters. The van der Waals surface area contributed by atoms with Crippen LogP contribution >= 0.6 is 0 Å². The Balaban J connectivity index is 3.18. The van der Waals surface area contributed by atoms with E-state index in [1.807, 2.05) is 0 Å². The lowest BCUT2D eigenvalue weighted by Crippen LogP contribution is -2.19. The Kier molecular flexibility index (Phi) is 26.5. The number of nitrogens with two attached hydrogens (primary N) is 1. The third-order valence-electron chi connectivity index (χ3n) is 6.52. The second-order valence-electron chi connectivity index (χ2n) is 9.75. The van der Waals surface area contributed by atoms with Crippen molar-refractivity contribution in [2.75, 3.05) is 0 Å². The Morgan fingerprint density at radius 2 is 0.733 bits per heavy atom. The minimum atomic E-state index is 0.455. The molecule has 0 heterocycles. The second-order valence-corrected chi connectivity index (χ2v) is 9.75. The zero-order valence-corrected chi connectivity index (χ0v) is 21.3. The molecule has 1 atom stereocenters. The number of rotatable bonds is 25. The number of hydrogen-bond acceptors (Lipinski definition) is 1. The summed E-state index contributed by atoms with van der Waals surface area (Å²) in [7, 11) is 0. The van der Waals surface area contributed by atoms with Crippen molar-refractivity contribution in [1.82, 2.24) is 0 Å². The Labute approximate surface area is 192 Å². The van der Waals surface area contributed by atoms with Crippen LogP contribution in [0.1, 0.15) is 168 Å². The van der Waals surface area contributed by atoms with Gasteiger partial charge in [0.25, 0.3) is 0 Å². The summed E-state index contributed by atoms with van der Waals surface area (Å²) in [5.74, 6) is 0. The van der Waals surface area contributed by atoms with E-state index in [1.165, 1.54) is 154 Å². The van der Waals surface area contributed by atoms with Gasteiger partial charge in [-0.1, -0.05) is 142 Å². The van der Waals surface area contributed by atoms with Crippen LogP contribution in [0.3, 0.4) is 0 Å². The Morgan fingerprint density at radius 3 is 1.10 bits per heavy atom. The van der Waals surface area contributed by atoms with Crippen LogP contribution in [0.4, 0.5) is 0 Å². The van der Waals surface area contributed by atoms with E-state index in [4.69, 9.17) is 5.73 Å². The molecule has 0 saturated carbocycles. The molecule has 0 aromatic rings.